The summed E-state index contributed by atoms with van der Waals surface area (Å²) in [5.41, 5.74) is 9.46. The highest BCUT2D eigenvalue weighted by Gasteiger charge is 2.22. The molecule has 184 valence electrons. The lowest BCUT2D eigenvalue weighted by Crippen LogP contribution is -2.32. The Morgan fingerprint density at radius 3 is 2.32 bits per heavy atom. The van der Waals surface area contributed by atoms with E-state index in [1.807, 2.05) is 30.5 Å². The van der Waals surface area contributed by atoms with Crippen LogP contribution >= 0.6 is 0 Å². The fraction of sp³-hybridized carbons (Fsp3) is 0.194. The average molecular weight is 487 g/mol. The van der Waals surface area contributed by atoms with Crippen LogP contribution in [-0.2, 0) is 0 Å². The molecule has 0 spiro atoms. The van der Waals surface area contributed by atoms with Gasteiger partial charge in [-0.1, -0.05) is 66.7 Å². The minimum atomic E-state index is 0.710. The summed E-state index contributed by atoms with van der Waals surface area (Å²) < 4.78 is 2.06. The fourth-order valence-electron chi connectivity index (χ4n) is 5.09. The fourth-order valence-corrected chi connectivity index (χ4v) is 5.09. The minimum absolute atomic E-state index is 0.710. The van der Waals surface area contributed by atoms with Crippen molar-refractivity contribution >= 4 is 28.8 Å². The maximum atomic E-state index is 4.92. The van der Waals surface area contributed by atoms with Crippen molar-refractivity contribution in [2.24, 2.45) is 5.10 Å². The van der Waals surface area contributed by atoms with E-state index in [0.29, 0.717) is 5.82 Å². The quantitative estimate of drug-likeness (QED) is 0.211. The van der Waals surface area contributed by atoms with Gasteiger partial charge in [0.05, 0.1) is 28.7 Å². The van der Waals surface area contributed by atoms with E-state index in [2.05, 4.69) is 93.8 Å². The monoisotopic (exact) mass is 486 g/mol. The maximum Gasteiger partial charge on any atom is 0.147 e. The van der Waals surface area contributed by atoms with E-state index >= 15 is 0 Å². The first-order valence-corrected chi connectivity index (χ1v) is 12.9. The molecule has 6 rings (SSSR count). The molecule has 1 N–H and O–H groups in total. The Labute approximate surface area is 217 Å². The SMILES string of the molecule is Cc1nn(-c2ccccc2)c(N2CCCCC2)c1/C=N/Nc1cc(-c2ccccc2)c2ccccc2n1. The zero-order chi connectivity index (χ0) is 25.0. The lowest BCUT2D eigenvalue weighted by atomic mass is 10.0. The molecule has 1 saturated heterocycles. The zero-order valence-electron chi connectivity index (χ0n) is 21.0. The summed E-state index contributed by atoms with van der Waals surface area (Å²) in [6, 6.07) is 31.0. The third-order valence-corrected chi connectivity index (χ3v) is 6.91. The third-order valence-electron chi connectivity index (χ3n) is 6.91. The molecular weight excluding hydrogens is 456 g/mol. The van der Waals surface area contributed by atoms with Crippen LogP contribution in [0, 0.1) is 6.92 Å². The molecule has 0 saturated carbocycles. The van der Waals surface area contributed by atoms with Gasteiger partial charge in [-0.2, -0.15) is 10.2 Å². The van der Waals surface area contributed by atoms with Gasteiger partial charge >= 0.3 is 0 Å². The molecule has 2 aromatic heterocycles. The Hall–Kier alpha value is -4.45. The van der Waals surface area contributed by atoms with Crippen molar-refractivity contribution in [2.75, 3.05) is 23.4 Å². The van der Waals surface area contributed by atoms with Gasteiger partial charge in [-0.3, -0.25) is 5.43 Å². The van der Waals surface area contributed by atoms with Crippen LogP contribution < -0.4 is 10.3 Å². The number of nitrogens with zero attached hydrogens (tertiary/aromatic N) is 5. The number of fused-ring (bicyclic) bond motifs is 1. The number of anilines is 2. The van der Waals surface area contributed by atoms with Crippen LogP contribution in [0.25, 0.3) is 27.7 Å². The standard InChI is InChI=1S/C31H30N6/c1-23-28(31(36-19-11-4-12-20-36)37(35-23)25-15-7-3-8-16-25)22-32-34-30-21-27(24-13-5-2-6-14-24)26-17-9-10-18-29(26)33-30/h2-3,5-10,13-18,21-22H,4,11-12,19-20H2,1H3,(H,33,34)/b32-22+. The molecule has 0 radical (unpaired) electrons. The topological polar surface area (TPSA) is 58.3 Å². The largest absolute Gasteiger partial charge is 0.356 e. The molecule has 5 aromatic rings. The second kappa shape index (κ2) is 10.3. The van der Waals surface area contributed by atoms with E-state index in [1.165, 1.54) is 19.3 Å². The van der Waals surface area contributed by atoms with Crippen molar-refractivity contribution in [3.63, 3.8) is 0 Å². The molecule has 3 aromatic carbocycles. The first-order chi connectivity index (χ1) is 18.3. The number of hydrogen-bond donors (Lipinski definition) is 1. The van der Waals surface area contributed by atoms with Crippen molar-refractivity contribution < 1.29 is 0 Å². The predicted octanol–water partition coefficient (Wildman–Crippen LogP) is 6.83. The van der Waals surface area contributed by atoms with Crippen LogP contribution in [0.1, 0.15) is 30.5 Å². The Morgan fingerprint density at radius 2 is 1.54 bits per heavy atom. The number of nitrogens with one attached hydrogen (secondary N) is 1. The van der Waals surface area contributed by atoms with Gasteiger partial charge in [-0.25, -0.2) is 9.67 Å². The van der Waals surface area contributed by atoms with Crippen LogP contribution in [0.2, 0.25) is 0 Å². The predicted molar refractivity (Wildman–Crippen MR) is 153 cm³/mol. The van der Waals surface area contributed by atoms with E-state index in [1.54, 1.807) is 0 Å². The molecule has 6 nitrogen and oxygen atoms in total. The van der Waals surface area contributed by atoms with Crippen molar-refractivity contribution in [3.05, 3.63) is 102 Å². The van der Waals surface area contributed by atoms with Crippen LogP contribution in [0.5, 0.6) is 0 Å². The summed E-state index contributed by atoms with van der Waals surface area (Å²) >= 11 is 0. The smallest absolute Gasteiger partial charge is 0.147 e. The number of hydrazone groups is 1. The highest BCUT2D eigenvalue weighted by molar-refractivity contribution is 5.96. The lowest BCUT2D eigenvalue weighted by molar-refractivity contribution is 0.567. The third kappa shape index (κ3) is 4.70. The van der Waals surface area contributed by atoms with Gasteiger partial charge < -0.3 is 4.90 Å². The summed E-state index contributed by atoms with van der Waals surface area (Å²) in [5, 5.41) is 10.7. The van der Waals surface area contributed by atoms with Crippen molar-refractivity contribution in [2.45, 2.75) is 26.2 Å². The summed E-state index contributed by atoms with van der Waals surface area (Å²) in [6.45, 7) is 4.10. The number of hydrogen-bond acceptors (Lipinski definition) is 5. The van der Waals surface area contributed by atoms with Crippen LogP contribution in [-0.4, -0.2) is 34.1 Å². The van der Waals surface area contributed by atoms with E-state index in [9.17, 15) is 0 Å². The summed E-state index contributed by atoms with van der Waals surface area (Å²) in [4.78, 5) is 7.27. The zero-order valence-corrected chi connectivity index (χ0v) is 21.0. The van der Waals surface area contributed by atoms with E-state index < -0.39 is 0 Å². The van der Waals surface area contributed by atoms with Gasteiger partial charge in [0.25, 0.3) is 0 Å². The van der Waals surface area contributed by atoms with Gasteiger partial charge in [-0.15, -0.1) is 0 Å². The van der Waals surface area contributed by atoms with Crippen LogP contribution in [0.4, 0.5) is 11.6 Å². The van der Waals surface area contributed by atoms with Gasteiger partial charge in [0.1, 0.15) is 11.6 Å². The summed E-state index contributed by atoms with van der Waals surface area (Å²) in [5.74, 6) is 1.81. The molecule has 0 aliphatic carbocycles. The van der Waals surface area contributed by atoms with Gasteiger partial charge in [0.2, 0.25) is 0 Å². The molecule has 37 heavy (non-hydrogen) atoms. The molecule has 0 unspecified atom stereocenters. The molecule has 1 aliphatic rings. The number of aromatic nitrogens is 3. The second-order valence-electron chi connectivity index (χ2n) is 9.43. The molecule has 6 heteroatoms. The molecule has 0 amide bonds. The van der Waals surface area contributed by atoms with E-state index in [-0.39, 0.29) is 0 Å². The molecule has 0 bridgehead atoms. The van der Waals surface area contributed by atoms with Crippen molar-refractivity contribution in [3.8, 4) is 16.8 Å². The Morgan fingerprint density at radius 1 is 0.838 bits per heavy atom. The Kier molecular flexibility index (Phi) is 6.38. The lowest BCUT2D eigenvalue weighted by Gasteiger charge is -2.29. The highest BCUT2D eigenvalue weighted by atomic mass is 15.4. The van der Waals surface area contributed by atoms with Gasteiger partial charge in [-0.05, 0) is 61.6 Å². The number of piperidine rings is 1. The molecule has 3 heterocycles. The number of benzene rings is 3. The van der Waals surface area contributed by atoms with Gasteiger partial charge in [0.15, 0.2) is 0 Å². The maximum absolute atomic E-state index is 4.92. The Bertz CT molecular complexity index is 1530. The van der Waals surface area contributed by atoms with Crippen LogP contribution in [0.15, 0.2) is 96.1 Å². The molecule has 1 fully saturated rings. The van der Waals surface area contributed by atoms with Crippen LogP contribution in [0.3, 0.4) is 0 Å². The molecule has 0 atom stereocenters. The van der Waals surface area contributed by atoms with Gasteiger partial charge in [0, 0.05) is 18.5 Å². The first-order valence-electron chi connectivity index (χ1n) is 12.9. The summed E-state index contributed by atoms with van der Waals surface area (Å²) in [7, 11) is 0. The van der Waals surface area contributed by atoms with Crippen molar-refractivity contribution in [1.82, 2.24) is 14.8 Å². The normalized spacial score (nSPS) is 13.9. The number of aryl methyl sites for hydroxylation is 1. The highest BCUT2D eigenvalue weighted by Crippen LogP contribution is 2.31. The number of para-hydroxylation sites is 2. The number of pyridine rings is 1. The average Bonchev–Trinajstić information content (AvgIpc) is 3.30. The van der Waals surface area contributed by atoms with E-state index in [4.69, 9.17) is 10.1 Å². The Balaban J connectivity index is 1.36. The second-order valence-corrected chi connectivity index (χ2v) is 9.43. The molecular formula is C31H30N6. The first kappa shape index (κ1) is 23.0. The van der Waals surface area contributed by atoms with Crippen molar-refractivity contribution in [1.29, 1.82) is 0 Å². The summed E-state index contributed by atoms with van der Waals surface area (Å²) in [6.07, 6.45) is 5.55. The minimum Gasteiger partial charge on any atom is -0.356 e. The molecule has 1 aliphatic heterocycles. The van der Waals surface area contributed by atoms with E-state index in [0.717, 1.165) is 57.9 Å². The number of rotatable bonds is 6.